The summed E-state index contributed by atoms with van der Waals surface area (Å²) in [6.45, 7) is 9.78. The van der Waals surface area contributed by atoms with Gasteiger partial charge in [0.15, 0.2) is 11.5 Å². The number of urea groups is 1. The first-order valence-electron chi connectivity index (χ1n) is 8.87. The summed E-state index contributed by atoms with van der Waals surface area (Å²) in [5.41, 5.74) is 5.58. The predicted molar refractivity (Wildman–Crippen MR) is 113 cm³/mol. The molecule has 0 atom stereocenters. The van der Waals surface area contributed by atoms with Crippen LogP contribution in [0.25, 0.3) is 5.57 Å². The molecular weight excluding hydrogens is 354 g/mol. The van der Waals surface area contributed by atoms with Gasteiger partial charge in [-0.2, -0.15) is 5.10 Å². The highest BCUT2D eigenvalue weighted by molar-refractivity contribution is 5.86. The number of ether oxygens (including phenoxy) is 2. The van der Waals surface area contributed by atoms with Crippen LogP contribution in [0.4, 0.5) is 4.79 Å². The molecule has 0 saturated heterocycles. The van der Waals surface area contributed by atoms with Crippen molar-refractivity contribution in [2.24, 2.45) is 5.10 Å². The molecule has 0 radical (unpaired) electrons. The van der Waals surface area contributed by atoms with Crippen LogP contribution in [0.15, 0.2) is 54.1 Å². The smallest absolute Gasteiger partial charge is 0.335 e. The first-order chi connectivity index (χ1) is 13.3. The van der Waals surface area contributed by atoms with Crippen molar-refractivity contribution in [3.05, 3.63) is 65.7 Å². The molecule has 0 bridgehead atoms. The molecule has 2 aromatic rings. The second kappa shape index (κ2) is 9.08. The molecule has 0 heterocycles. The standard InChI is InChI=1S/C22H27N3O3/c1-15(2)16-9-7-11-18(13-16)22(3,4)24-21(26)25-23-14-17-10-8-12-19(27-5)20(17)28-6/h7-14H,1H2,2-6H3,(H2,24,25,26). The lowest BCUT2D eigenvalue weighted by atomic mass is 9.92. The van der Waals surface area contributed by atoms with E-state index in [4.69, 9.17) is 9.47 Å². The van der Waals surface area contributed by atoms with E-state index in [0.29, 0.717) is 17.1 Å². The number of amides is 2. The molecule has 0 unspecified atom stereocenters. The minimum Gasteiger partial charge on any atom is -0.493 e. The topological polar surface area (TPSA) is 72.0 Å². The van der Waals surface area contributed by atoms with E-state index < -0.39 is 11.6 Å². The number of hydrazone groups is 1. The zero-order chi connectivity index (χ0) is 20.7. The van der Waals surface area contributed by atoms with E-state index >= 15 is 0 Å². The Hall–Kier alpha value is -3.28. The minimum absolute atomic E-state index is 0.413. The SMILES string of the molecule is C=C(C)c1cccc(C(C)(C)NC(=O)NN=Cc2cccc(OC)c2OC)c1. The van der Waals surface area contributed by atoms with Gasteiger partial charge < -0.3 is 14.8 Å². The van der Waals surface area contributed by atoms with E-state index in [1.807, 2.05) is 57.2 Å². The Kier molecular flexibility index (Phi) is 6.82. The van der Waals surface area contributed by atoms with Gasteiger partial charge in [0, 0.05) is 5.56 Å². The number of nitrogens with one attached hydrogen (secondary N) is 2. The lowest BCUT2D eigenvalue weighted by Gasteiger charge is -2.27. The summed E-state index contributed by atoms with van der Waals surface area (Å²) in [5, 5.41) is 6.94. The summed E-state index contributed by atoms with van der Waals surface area (Å²) in [6, 6.07) is 12.9. The van der Waals surface area contributed by atoms with Crippen LogP contribution in [0.1, 0.15) is 37.5 Å². The van der Waals surface area contributed by atoms with Crippen LogP contribution in [-0.4, -0.2) is 26.5 Å². The van der Waals surface area contributed by atoms with Crippen molar-refractivity contribution < 1.29 is 14.3 Å². The summed E-state index contributed by atoms with van der Waals surface area (Å²) >= 11 is 0. The Morgan fingerprint density at radius 1 is 1.14 bits per heavy atom. The number of carbonyl (C=O) groups is 1. The van der Waals surface area contributed by atoms with Crippen molar-refractivity contribution in [3.63, 3.8) is 0 Å². The Balaban J connectivity index is 2.07. The average Bonchev–Trinajstić information content (AvgIpc) is 2.67. The number of hydrogen-bond acceptors (Lipinski definition) is 4. The van der Waals surface area contributed by atoms with Gasteiger partial charge in [0.1, 0.15) is 0 Å². The number of hydrogen-bond donors (Lipinski definition) is 2. The van der Waals surface area contributed by atoms with Crippen molar-refractivity contribution in [2.75, 3.05) is 14.2 Å². The maximum Gasteiger partial charge on any atom is 0.335 e. The van der Waals surface area contributed by atoms with Crippen LogP contribution in [0.3, 0.4) is 0 Å². The Morgan fingerprint density at radius 3 is 2.50 bits per heavy atom. The summed E-state index contributed by atoms with van der Waals surface area (Å²) in [4.78, 5) is 12.3. The molecule has 28 heavy (non-hydrogen) atoms. The average molecular weight is 381 g/mol. The van der Waals surface area contributed by atoms with Gasteiger partial charge in [-0.3, -0.25) is 0 Å². The molecule has 0 aliphatic carbocycles. The fraction of sp³-hybridized carbons (Fsp3) is 0.273. The summed E-state index contributed by atoms with van der Waals surface area (Å²) in [6.07, 6.45) is 1.51. The number of benzene rings is 2. The first kappa shape index (κ1) is 21.0. The highest BCUT2D eigenvalue weighted by atomic mass is 16.5. The van der Waals surface area contributed by atoms with E-state index in [1.54, 1.807) is 20.3 Å². The molecule has 2 N–H and O–H groups in total. The van der Waals surface area contributed by atoms with Crippen LogP contribution in [0.2, 0.25) is 0 Å². The first-order valence-corrected chi connectivity index (χ1v) is 8.87. The van der Waals surface area contributed by atoms with Crippen LogP contribution < -0.4 is 20.2 Å². The van der Waals surface area contributed by atoms with Crippen LogP contribution in [0, 0.1) is 0 Å². The minimum atomic E-state index is -0.585. The molecule has 0 aromatic heterocycles. The van der Waals surface area contributed by atoms with Gasteiger partial charge in [0.2, 0.25) is 0 Å². The number of nitrogens with zero attached hydrogens (tertiary/aromatic N) is 1. The highest BCUT2D eigenvalue weighted by Crippen LogP contribution is 2.29. The van der Waals surface area contributed by atoms with Crippen LogP contribution in [-0.2, 0) is 5.54 Å². The molecule has 0 spiro atoms. The predicted octanol–water partition coefficient (Wildman–Crippen LogP) is 4.31. The maximum atomic E-state index is 12.3. The summed E-state index contributed by atoms with van der Waals surface area (Å²) < 4.78 is 10.6. The second-order valence-corrected chi connectivity index (χ2v) is 6.89. The number of para-hydroxylation sites is 1. The molecule has 148 valence electrons. The normalized spacial score (nSPS) is 11.2. The van der Waals surface area contributed by atoms with Gasteiger partial charge in [-0.25, -0.2) is 10.2 Å². The van der Waals surface area contributed by atoms with Crippen LogP contribution >= 0.6 is 0 Å². The van der Waals surface area contributed by atoms with Crippen molar-refractivity contribution >= 4 is 17.8 Å². The van der Waals surface area contributed by atoms with Gasteiger partial charge in [-0.1, -0.05) is 36.4 Å². The van der Waals surface area contributed by atoms with Crippen LogP contribution in [0.5, 0.6) is 11.5 Å². The van der Waals surface area contributed by atoms with Gasteiger partial charge in [0.25, 0.3) is 0 Å². The Bertz CT molecular complexity index is 888. The fourth-order valence-electron chi connectivity index (χ4n) is 2.73. The highest BCUT2D eigenvalue weighted by Gasteiger charge is 2.23. The van der Waals surface area contributed by atoms with E-state index in [1.165, 1.54) is 6.21 Å². The largest absolute Gasteiger partial charge is 0.493 e. The quantitative estimate of drug-likeness (QED) is 0.555. The van der Waals surface area contributed by atoms with Gasteiger partial charge in [0.05, 0.1) is 26.0 Å². The Labute approximate surface area is 166 Å². The lowest BCUT2D eigenvalue weighted by molar-refractivity contribution is 0.230. The number of methoxy groups -OCH3 is 2. The van der Waals surface area contributed by atoms with E-state index in [2.05, 4.69) is 22.4 Å². The van der Waals surface area contributed by atoms with Crippen molar-refractivity contribution in [1.82, 2.24) is 10.7 Å². The van der Waals surface area contributed by atoms with Gasteiger partial charge >= 0.3 is 6.03 Å². The van der Waals surface area contributed by atoms with Crippen molar-refractivity contribution in [3.8, 4) is 11.5 Å². The number of allylic oxidation sites excluding steroid dienone is 1. The zero-order valence-electron chi connectivity index (χ0n) is 17.0. The molecule has 0 aliphatic rings. The molecule has 0 fully saturated rings. The third-order valence-electron chi connectivity index (χ3n) is 4.31. The van der Waals surface area contributed by atoms with Crippen molar-refractivity contribution in [1.29, 1.82) is 0 Å². The van der Waals surface area contributed by atoms with Crippen molar-refractivity contribution in [2.45, 2.75) is 26.3 Å². The molecule has 2 aromatic carbocycles. The number of carbonyl (C=O) groups excluding carboxylic acids is 1. The maximum absolute atomic E-state index is 12.3. The third-order valence-corrected chi connectivity index (χ3v) is 4.31. The monoisotopic (exact) mass is 381 g/mol. The molecular formula is C22H27N3O3. The van der Waals surface area contributed by atoms with E-state index in [-0.39, 0.29) is 0 Å². The molecule has 2 amide bonds. The molecule has 6 heteroatoms. The molecule has 0 aliphatic heterocycles. The lowest BCUT2D eigenvalue weighted by Crippen LogP contribution is -2.45. The van der Waals surface area contributed by atoms with E-state index in [9.17, 15) is 4.79 Å². The van der Waals surface area contributed by atoms with Gasteiger partial charge in [-0.15, -0.1) is 0 Å². The molecule has 6 nitrogen and oxygen atoms in total. The fourth-order valence-corrected chi connectivity index (χ4v) is 2.73. The molecule has 2 rings (SSSR count). The second-order valence-electron chi connectivity index (χ2n) is 6.89. The Morgan fingerprint density at radius 2 is 1.86 bits per heavy atom. The van der Waals surface area contributed by atoms with Gasteiger partial charge in [-0.05, 0) is 50.1 Å². The summed E-state index contributed by atoms with van der Waals surface area (Å²) in [5.74, 6) is 1.14. The summed E-state index contributed by atoms with van der Waals surface area (Å²) in [7, 11) is 3.12. The molecule has 0 saturated carbocycles. The zero-order valence-corrected chi connectivity index (χ0v) is 17.0. The van der Waals surface area contributed by atoms with E-state index in [0.717, 1.165) is 16.7 Å². The third kappa shape index (κ3) is 5.13. The number of rotatable bonds is 7.